The first kappa shape index (κ1) is 25.0. The van der Waals surface area contributed by atoms with Crippen molar-refractivity contribution >= 4 is 23.3 Å². The normalized spacial score (nSPS) is 16.0. The van der Waals surface area contributed by atoms with Crippen LogP contribution >= 0.6 is 0 Å². The van der Waals surface area contributed by atoms with E-state index in [1.54, 1.807) is 30.3 Å². The maximum Gasteiger partial charge on any atom is 0.231 e. The Bertz CT molecular complexity index is 1100. The van der Waals surface area contributed by atoms with Crippen molar-refractivity contribution < 1.29 is 14.1 Å². The van der Waals surface area contributed by atoms with Gasteiger partial charge >= 0.3 is 0 Å². The number of anilines is 1. The number of rotatable bonds is 7. The zero-order valence-corrected chi connectivity index (χ0v) is 19.9. The third-order valence-electron chi connectivity index (χ3n) is 5.31. The van der Waals surface area contributed by atoms with Gasteiger partial charge in [-0.1, -0.05) is 50.2 Å². The van der Waals surface area contributed by atoms with E-state index in [1.807, 2.05) is 0 Å². The minimum Gasteiger partial charge on any atom is -0.397 e. The number of amides is 1. The molecular formula is C25H32N6O3. The maximum atomic E-state index is 12.4. The standard InChI is InChI=1S/C25H32N6O3/c1-25(2,3)14-19-13-22(34-31-19)30-21(32)12-16-4-6-17(7-5-16)23(27)20(15-26)24(28)29-18-8-10-33-11-9-18/h4-7,13,18H,8-12,14,27H2,1-3H3,(H2,28,29)(H,30,32). The fourth-order valence-electron chi connectivity index (χ4n) is 3.64. The smallest absolute Gasteiger partial charge is 0.231 e. The van der Waals surface area contributed by atoms with Gasteiger partial charge in [-0.25, -0.2) is 0 Å². The highest BCUT2D eigenvalue weighted by Gasteiger charge is 2.17. The molecule has 180 valence electrons. The number of amidine groups is 1. The van der Waals surface area contributed by atoms with Gasteiger partial charge in [-0.3, -0.25) is 15.1 Å². The van der Waals surface area contributed by atoms with Crippen LogP contribution in [0.2, 0.25) is 0 Å². The summed E-state index contributed by atoms with van der Waals surface area (Å²) in [7, 11) is 0. The molecule has 5 N–H and O–H groups in total. The van der Waals surface area contributed by atoms with Gasteiger partial charge in [0.15, 0.2) is 0 Å². The van der Waals surface area contributed by atoms with Crippen molar-refractivity contribution in [3.05, 3.63) is 52.7 Å². The molecule has 9 heteroatoms. The summed E-state index contributed by atoms with van der Waals surface area (Å²) in [5.74, 6) is 0.236. The lowest BCUT2D eigenvalue weighted by atomic mass is 9.91. The van der Waals surface area contributed by atoms with Crippen molar-refractivity contribution in [3.63, 3.8) is 0 Å². The number of ether oxygens (including phenoxy) is 1. The van der Waals surface area contributed by atoms with Crippen LogP contribution in [-0.4, -0.2) is 36.2 Å². The van der Waals surface area contributed by atoms with Crippen molar-refractivity contribution in [2.75, 3.05) is 18.5 Å². The highest BCUT2D eigenvalue weighted by Crippen LogP contribution is 2.22. The van der Waals surface area contributed by atoms with Gasteiger partial charge in [-0.2, -0.15) is 5.26 Å². The molecule has 1 saturated heterocycles. The Kier molecular flexibility index (Phi) is 8.08. The Morgan fingerprint density at radius 3 is 2.53 bits per heavy atom. The molecule has 2 aromatic rings. The van der Waals surface area contributed by atoms with Crippen molar-refractivity contribution in [2.24, 2.45) is 21.9 Å². The van der Waals surface area contributed by atoms with Crippen molar-refractivity contribution in [1.29, 1.82) is 5.26 Å². The number of benzene rings is 1. The number of nitriles is 1. The van der Waals surface area contributed by atoms with Crippen LogP contribution in [0, 0.1) is 16.7 Å². The molecule has 1 aliphatic heterocycles. The molecule has 9 nitrogen and oxygen atoms in total. The van der Waals surface area contributed by atoms with Crippen LogP contribution < -0.4 is 16.8 Å². The largest absolute Gasteiger partial charge is 0.397 e. The highest BCUT2D eigenvalue weighted by molar-refractivity contribution is 6.07. The van der Waals surface area contributed by atoms with Gasteiger partial charge in [0.05, 0.1) is 23.9 Å². The third-order valence-corrected chi connectivity index (χ3v) is 5.31. The molecule has 0 bridgehead atoms. The summed E-state index contributed by atoms with van der Waals surface area (Å²) in [5, 5.41) is 16.3. The molecular weight excluding hydrogens is 432 g/mol. The zero-order chi connectivity index (χ0) is 24.7. The lowest BCUT2D eigenvalue weighted by Crippen LogP contribution is -2.25. The number of aromatic nitrogens is 1. The molecule has 2 heterocycles. The topological polar surface area (TPSA) is 153 Å². The first-order chi connectivity index (χ1) is 16.1. The number of nitrogens with two attached hydrogens (primary N) is 2. The first-order valence-corrected chi connectivity index (χ1v) is 11.3. The third kappa shape index (κ3) is 7.18. The van der Waals surface area contributed by atoms with Gasteiger partial charge in [0, 0.05) is 19.3 Å². The average molecular weight is 465 g/mol. The average Bonchev–Trinajstić information content (AvgIpc) is 3.20. The number of hydrogen-bond donors (Lipinski definition) is 3. The quantitative estimate of drug-likeness (QED) is 0.323. The van der Waals surface area contributed by atoms with Crippen LogP contribution in [0.15, 0.2) is 45.4 Å². The molecule has 1 amide bonds. The van der Waals surface area contributed by atoms with E-state index in [2.05, 4.69) is 42.3 Å². The van der Waals surface area contributed by atoms with Crippen LogP contribution in [0.5, 0.6) is 0 Å². The van der Waals surface area contributed by atoms with Crippen molar-refractivity contribution in [2.45, 2.75) is 52.5 Å². The van der Waals surface area contributed by atoms with E-state index in [9.17, 15) is 10.1 Å². The van der Waals surface area contributed by atoms with Crippen LogP contribution in [0.4, 0.5) is 5.88 Å². The summed E-state index contributed by atoms with van der Waals surface area (Å²) in [6, 6.07) is 10.9. The number of aliphatic imine (C=N–C) groups is 1. The number of nitrogens with one attached hydrogen (secondary N) is 1. The summed E-state index contributed by atoms with van der Waals surface area (Å²) >= 11 is 0. The molecule has 0 atom stereocenters. The van der Waals surface area contributed by atoms with Crippen LogP contribution in [0.25, 0.3) is 5.70 Å². The molecule has 0 unspecified atom stereocenters. The number of nitrogens with zero attached hydrogens (tertiary/aromatic N) is 3. The lowest BCUT2D eigenvalue weighted by Gasteiger charge is -2.19. The summed E-state index contributed by atoms with van der Waals surface area (Å²) < 4.78 is 10.5. The monoisotopic (exact) mass is 464 g/mol. The molecule has 1 fully saturated rings. The molecule has 1 aliphatic rings. The summed E-state index contributed by atoms with van der Waals surface area (Å²) in [4.78, 5) is 16.9. The first-order valence-electron chi connectivity index (χ1n) is 11.3. The molecule has 0 radical (unpaired) electrons. The van der Waals surface area contributed by atoms with Crippen LogP contribution in [0.3, 0.4) is 0 Å². The fraction of sp³-hybridized carbons (Fsp3) is 0.440. The molecule has 3 rings (SSSR count). The van der Waals surface area contributed by atoms with E-state index in [0.717, 1.165) is 30.5 Å². The summed E-state index contributed by atoms with van der Waals surface area (Å²) in [5.41, 5.74) is 15.0. The minimum atomic E-state index is -0.222. The van der Waals surface area contributed by atoms with E-state index >= 15 is 0 Å². The summed E-state index contributed by atoms with van der Waals surface area (Å²) in [6.07, 6.45) is 2.43. The van der Waals surface area contributed by atoms with Crippen LogP contribution in [0.1, 0.15) is 50.4 Å². The van der Waals surface area contributed by atoms with Gasteiger partial charge in [0.25, 0.3) is 0 Å². The number of carbonyl (C=O) groups excluding carboxylic acids is 1. The Morgan fingerprint density at radius 1 is 1.24 bits per heavy atom. The summed E-state index contributed by atoms with van der Waals surface area (Å²) in [6.45, 7) is 7.59. The molecule has 0 saturated carbocycles. The second-order valence-corrected chi connectivity index (χ2v) is 9.60. The van der Waals surface area contributed by atoms with Crippen molar-refractivity contribution in [1.82, 2.24) is 5.16 Å². The van der Waals surface area contributed by atoms with Gasteiger partial charge in [0.2, 0.25) is 11.8 Å². The Balaban J connectivity index is 1.63. The van der Waals surface area contributed by atoms with Gasteiger partial charge < -0.3 is 20.7 Å². The number of carbonyl (C=O) groups is 1. The molecule has 1 aromatic carbocycles. The minimum absolute atomic E-state index is 0.0275. The molecule has 0 aliphatic carbocycles. The number of hydrogen-bond acceptors (Lipinski definition) is 7. The SMILES string of the molecule is CC(C)(C)Cc1cc(NC(=O)Cc2ccc(C(N)=C(C#N)C(N)=NC3CCOCC3)cc2)on1. The van der Waals surface area contributed by atoms with Crippen LogP contribution in [-0.2, 0) is 22.4 Å². The van der Waals surface area contributed by atoms with E-state index in [1.165, 1.54) is 0 Å². The molecule has 0 spiro atoms. The molecule has 1 aromatic heterocycles. The predicted molar refractivity (Wildman–Crippen MR) is 131 cm³/mol. The van der Waals surface area contributed by atoms with Crippen molar-refractivity contribution in [3.8, 4) is 6.07 Å². The Hall–Kier alpha value is -3.64. The van der Waals surface area contributed by atoms with E-state index in [0.29, 0.717) is 24.7 Å². The fourth-order valence-corrected chi connectivity index (χ4v) is 3.64. The van der Waals surface area contributed by atoms with Gasteiger partial charge in [-0.15, -0.1) is 0 Å². The Labute approximate surface area is 199 Å². The maximum absolute atomic E-state index is 12.4. The highest BCUT2D eigenvalue weighted by atomic mass is 16.5. The lowest BCUT2D eigenvalue weighted by molar-refractivity contribution is -0.115. The zero-order valence-electron chi connectivity index (χ0n) is 19.9. The second-order valence-electron chi connectivity index (χ2n) is 9.60. The molecule has 34 heavy (non-hydrogen) atoms. The van der Waals surface area contributed by atoms with E-state index in [4.69, 9.17) is 20.7 Å². The predicted octanol–water partition coefficient (Wildman–Crippen LogP) is 3.17. The van der Waals surface area contributed by atoms with E-state index < -0.39 is 0 Å². The van der Waals surface area contributed by atoms with Gasteiger partial charge in [0.1, 0.15) is 17.5 Å². The van der Waals surface area contributed by atoms with Gasteiger partial charge in [-0.05, 0) is 35.8 Å². The van der Waals surface area contributed by atoms with E-state index in [-0.39, 0.29) is 40.9 Å². The Morgan fingerprint density at radius 2 is 1.91 bits per heavy atom. The second kappa shape index (κ2) is 11.0.